The minimum Gasteiger partial charge on any atom is -0.383 e. The largest absolute Gasteiger partial charge is 0.383 e. The van der Waals surface area contributed by atoms with Gasteiger partial charge in [-0.2, -0.15) is 0 Å². The van der Waals surface area contributed by atoms with Gasteiger partial charge in [-0.1, -0.05) is 0 Å². The van der Waals surface area contributed by atoms with E-state index in [0.717, 1.165) is 25.1 Å². The Morgan fingerprint density at radius 1 is 1.57 bits per heavy atom. The molecule has 5 nitrogen and oxygen atoms in total. The van der Waals surface area contributed by atoms with Crippen LogP contribution in [0.2, 0.25) is 0 Å². The molecule has 1 spiro atoms. The summed E-state index contributed by atoms with van der Waals surface area (Å²) < 4.78 is 7.05. The van der Waals surface area contributed by atoms with Gasteiger partial charge >= 0.3 is 0 Å². The topological polar surface area (TPSA) is 55.3 Å². The second-order valence-corrected chi connectivity index (χ2v) is 6.30. The number of hydrogen-bond donors (Lipinski definition) is 2. The van der Waals surface area contributed by atoms with E-state index >= 15 is 0 Å². The molecular formula is C16H25N3O2. The van der Waals surface area contributed by atoms with Gasteiger partial charge in [0.25, 0.3) is 5.91 Å². The Balaban J connectivity index is 1.59. The maximum absolute atomic E-state index is 12.5. The molecular weight excluding hydrogens is 266 g/mol. The summed E-state index contributed by atoms with van der Waals surface area (Å²) >= 11 is 0. The monoisotopic (exact) mass is 291 g/mol. The summed E-state index contributed by atoms with van der Waals surface area (Å²) in [7, 11) is 1.68. The number of aromatic nitrogens is 1. The van der Waals surface area contributed by atoms with Crippen LogP contribution in [0.4, 0.5) is 0 Å². The van der Waals surface area contributed by atoms with Crippen LogP contribution in [0, 0.1) is 0 Å². The fourth-order valence-electron chi connectivity index (χ4n) is 3.53. The second kappa shape index (κ2) is 6.20. The molecule has 1 saturated carbocycles. The summed E-state index contributed by atoms with van der Waals surface area (Å²) in [5.74, 6) is 0.0393. The molecule has 21 heavy (non-hydrogen) atoms. The first kappa shape index (κ1) is 14.6. The Labute approximate surface area is 126 Å². The molecule has 0 radical (unpaired) electrons. The Morgan fingerprint density at radius 3 is 3.14 bits per heavy atom. The fourth-order valence-corrected chi connectivity index (χ4v) is 3.53. The van der Waals surface area contributed by atoms with Crippen LogP contribution in [0.5, 0.6) is 0 Å². The molecule has 1 aliphatic carbocycles. The van der Waals surface area contributed by atoms with Crippen molar-refractivity contribution < 1.29 is 9.53 Å². The molecule has 5 heteroatoms. The van der Waals surface area contributed by atoms with Crippen molar-refractivity contribution in [2.24, 2.45) is 0 Å². The number of carbonyl (C=O) groups excluding carboxylic acids is 1. The predicted octanol–water partition coefficient (Wildman–Crippen LogP) is 1.54. The van der Waals surface area contributed by atoms with Crippen LogP contribution in [-0.4, -0.2) is 42.3 Å². The third-order valence-electron chi connectivity index (χ3n) is 4.87. The van der Waals surface area contributed by atoms with Crippen molar-refractivity contribution in [2.45, 2.75) is 50.2 Å². The second-order valence-electron chi connectivity index (χ2n) is 6.30. The Hall–Kier alpha value is -1.33. The van der Waals surface area contributed by atoms with Crippen molar-refractivity contribution in [1.29, 1.82) is 0 Å². The van der Waals surface area contributed by atoms with Crippen LogP contribution >= 0.6 is 0 Å². The summed E-state index contributed by atoms with van der Waals surface area (Å²) in [5.41, 5.74) is 1.04. The van der Waals surface area contributed by atoms with Crippen LogP contribution in [0.1, 0.15) is 42.6 Å². The third kappa shape index (κ3) is 3.14. The number of hydrogen-bond acceptors (Lipinski definition) is 3. The number of methoxy groups -OCH3 is 1. The molecule has 2 aliphatic rings. The molecule has 1 unspecified atom stereocenters. The summed E-state index contributed by atoms with van der Waals surface area (Å²) in [6.45, 7) is 2.34. The maximum Gasteiger partial charge on any atom is 0.268 e. The van der Waals surface area contributed by atoms with Crippen LogP contribution in [-0.2, 0) is 11.3 Å². The molecule has 3 rings (SSSR count). The number of piperidine rings is 1. The first-order valence-corrected chi connectivity index (χ1v) is 7.92. The molecule has 2 fully saturated rings. The molecule has 1 saturated heterocycles. The van der Waals surface area contributed by atoms with Gasteiger partial charge in [0, 0.05) is 31.4 Å². The van der Waals surface area contributed by atoms with Gasteiger partial charge in [0.15, 0.2) is 0 Å². The number of ether oxygens (including phenoxy) is 1. The van der Waals surface area contributed by atoms with Gasteiger partial charge in [0.2, 0.25) is 0 Å². The number of nitrogens with zero attached hydrogens (tertiary/aromatic N) is 1. The van der Waals surface area contributed by atoms with E-state index in [1.165, 1.54) is 19.3 Å². The van der Waals surface area contributed by atoms with E-state index in [1.807, 2.05) is 22.9 Å². The molecule has 0 aromatic carbocycles. The number of nitrogens with one attached hydrogen (secondary N) is 2. The molecule has 1 aliphatic heterocycles. The average Bonchev–Trinajstić information content (AvgIpc) is 2.92. The average molecular weight is 291 g/mol. The highest BCUT2D eigenvalue weighted by Gasteiger charge is 2.41. The lowest BCUT2D eigenvalue weighted by molar-refractivity contribution is 0.0842. The van der Waals surface area contributed by atoms with Crippen molar-refractivity contribution in [2.75, 3.05) is 20.3 Å². The molecule has 1 amide bonds. The standard InChI is InChI=1S/C16H25N3O2/c1-21-11-10-19-9-2-4-14(19)15(20)18-13-5-8-17-16(12-13)6-3-7-16/h2,4,9,13,17H,3,5-8,10-12H2,1H3,(H,18,20). The Kier molecular flexibility index (Phi) is 4.31. The van der Waals surface area contributed by atoms with E-state index < -0.39 is 0 Å². The fraction of sp³-hybridized carbons (Fsp3) is 0.688. The van der Waals surface area contributed by atoms with E-state index in [0.29, 0.717) is 24.7 Å². The van der Waals surface area contributed by atoms with Crippen molar-refractivity contribution in [3.05, 3.63) is 24.0 Å². The van der Waals surface area contributed by atoms with Crippen molar-refractivity contribution >= 4 is 5.91 Å². The van der Waals surface area contributed by atoms with E-state index in [9.17, 15) is 4.79 Å². The van der Waals surface area contributed by atoms with Gasteiger partial charge < -0.3 is 19.9 Å². The van der Waals surface area contributed by atoms with E-state index in [-0.39, 0.29) is 5.91 Å². The SMILES string of the molecule is COCCn1cccc1C(=O)NC1CCNC2(CCC2)C1. The molecule has 2 N–H and O–H groups in total. The lowest BCUT2D eigenvalue weighted by Gasteiger charge is -2.48. The van der Waals surface area contributed by atoms with Crippen molar-refractivity contribution in [3.63, 3.8) is 0 Å². The van der Waals surface area contributed by atoms with Crippen molar-refractivity contribution in [1.82, 2.24) is 15.2 Å². The van der Waals surface area contributed by atoms with Crippen LogP contribution < -0.4 is 10.6 Å². The quantitative estimate of drug-likeness (QED) is 0.865. The first-order chi connectivity index (χ1) is 10.2. The molecule has 2 heterocycles. The van der Waals surface area contributed by atoms with Gasteiger partial charge in [-0.05, 0) is 50.8 Å². The minimum absolute atomic E-state index is 0.0393. The highest BCUT2D eigenvalue weighted by molar-refractivity contribution is 5.92. The maximum atomic E-state index is 12.5. The smallest absolute Gasteiger partial charge is 0.268 e. The zero-order valence-corrected chi connectivity index (χ0v) is 12.7. The zero-order valence-electron chi connectivity index (χ0n) is 12.7. The summed E-state index contributed by atoms with van der Waals surface area (Å²) in [6.07, 6.45) is 7.84. The van der Waals surface area contributed by atoms with Crippen molar-refractivity contribution in [3.8, 4) is 0 Å². The van der Waals surface area contributed by atoms with E-state index in [4.69, 9.17) is 4.74 Å². The van der Waals surface area contributed by atoms with E-state index in [1.54, 1.807) is 7.11 Å². The number of carbonyl (C=O) groups is 1. The predicted molar refractivity (Wildman–Crippen MR) is 81.4 cm³/mol. The normalized spacial score (nSPS) is 23.8. The lowest BCUT2D eigenvalue weighted by atomic mass is 9.70. The summed E-state index contributed by atoms with van der Waals surface area (Å²) in [6, 6.07) is 4.09. The van der Waals surface area contributed by atoms with Gasteiger partial charge in [-0.25, -0.2) is 0 Å². The summed E-state index contributed by atoms with van der Waals surface area (Å²) in [4.78, 5) is 12.5. The first-order valence-electron chi connectivity index (χ1n) is 7.92. The highest BCUT2D eigenvalue weighted by Crippen LogP contribution is 2.38. The lowest BCUT2D eigenvalue weighted by Crippen LogP contribution is -2.59. The van der Waals surface area contributed by atoms with Gasteiger partial charge in [0.1, 0.15) is 5.69 Å². The molecule has 1 atom stereocenters. The van der Waals surface area contributed by atoms with Crippen LogP contribution in [0.15, 0.2) is 18.3 Å². The van der Waals surface area contributed by atoms with Gasteiger partial charge in [-0.15, -0.1) is 0 Å². The van der Waals surface area contributed by atoms with Gasteiger partial charge in [-0.3, -0.25) is 4.79 Å². The number of amides is 1. The minimum atomic E-state index is 0.0393. The number of rotatable bonds is 5. The van der Waals surface area contributed by atoms with Crippen LogP contribution in [0.25, 0.3) is 0 Å². The molecule has 116 valence electrons. The summed E-state index contributed by atoms with van der Waals surface area (Å²) in [5, 5.41) is 6.86. The molecule has 1 aromatic rings. The van der Waals surface area contributed by atoms with Crippen LogP contribution in [0.3, 0.4) is 0 Å². The third-order valence-corrected chi connectivity index (χ3v) is 4.87. The van der Waals surface area contributed by atoms with E-state index in [2.05, 4.69) is 10.6 Å². The molecule has 0 bridgehead atoms. The highest BCUT2D eigenvalue weighted by atomic mass is 16.5. The molecule has 1 aromatic heterocycles. The Morgan fingerprint density at radius 2 is 2.43 bits per heavy atom. The van der Waals surface area contributed by atoms with Gasteiger partial charge in [0.05, 0.1) is 6.61 Å². The zero-order chi connectivity index (χ0) is 14.7. The Bertz CT molecular complexity index is 493.